The van der Waals surface area contributed by atoms with Gasteiger partial charge in [-0.3, -0.25) is 0 Å². The molecular weight excluding hydrogens is 203 g/mol. The number of rotatable bonds is 4. The van der Waals surface area contributed by atoms with E-state index in [4.69, 9.17) is 0 Å². The van der Waals surface area contributed by atoms with Crippen LogP contribution < -0.4 is 0 Å². The van der Waals surface area contributed by atoms with Crippen molar-refractivity contribution < 1.29 is 9.50 Å². The molecule has 0 amide bonds. The topological polar surface area (TPSA) is 20.2 Å². The molecule has 2 heteroatoms. The molecule has 16 heavy (non-hydrogen) atoms. The van der Waals surface area contributed by atoms with Crippen molar-refractivity contribution in [1.29, 1.82) is 0 Å². The standard InChI is InChI=1S/C14H21FO/c1-10(2)14(4,9-16)8-12-7-13(15)6-5-11(12)3/h5-7,10,16H,8-9H2,1-4H3. The van der Waals surface area contributed by atoms with Gasteiger partial charge < -0.3 is 5.11 Å². The quantitative estimate of drug-likeness (QED) is 0.831. The Hall–Kier alpha value is -0.890. The van der Waals surface area contributed by atoms with Crippen molar-refractivity contribution in [3.63, 3.8) is 0 Å². The van der Waals surface area contributed by atoms with E-state index in [9.17, 15) is 9.50 Å². The highest BCUT2D eigenvalue weighted by molar-refractivity contribution is 5.27. The summed E-state index contributed by atoms with van der Waals surface area (Å²) in [6, 6.07) is 4.85. The van der Waals surface area contributed by atoms with Crippen LogP contribution in [0.3, 0.4) is 0 Å². The SMILES string of the molecule is Cc1ccc(F)cc1CC(C)(CO)C(C)C. The first kappa shape index (κ1) is 13.2. The molecule has 1 aromatic carbocycles. The molecule has 0 aliphatic rings. The fourth-order valence-electron chi connectivity index (χ4n) is 1.71. The van der Waals surface area contributed by atoms with Crippen LogP contribution in [0.1, 0.15) is 31.9 Å². The average Bonchev–Trinajstić information content (AvgIpc) is 2.23. The Morgan fingerprint density at radius 1 is 1.38 bits per heavy atom. The summed E-state index contributed by atoms with van der Waals surface area (Å²) in [4.78, 5) is 0. The van der Waals surface area contributed by atoms with Crippen molar-refractivity contribution in [2.45, 2.75) is 34.1 Å². The molecule has 1 aromatic rings. The van der Waals surface area contributed by atoms with Gasteiger partial charge in [-0.25, -0.2) is 4.39 Å². The summed E-state index contributed by atoms with van der Waals surface area (Å²) in [6.45, 7) is 8.32. The van der Waals surface area contributed by atoms with Gasteiger partial charge >= 0.3 is 0 Å². The monoisotopic (exact) mass is 224 g/mol. The average molecular weight is 224 g/mol. The Bertz CT molecular complexity index is 360. The van der Waals surface area contributed by atoms with E-state index in [-0.39, 0.29) is 17.8 Å². The van der Waals surface area contributed by atoms with Crippen LogP contribution >= 0.6 is 0 Å². The van der Waals surface area contributed by atoms with Crippen LogP contribution in [0, 0.1) is 24.1 Å². The zero-order valence-corrected chi connectivity index (χ0v) is 10.5. The molecular formula is C14H21FO. The number of aryl methyl sites for hydroxylation is 1. The maximum absolute atomic E-state index is 13.2. The van der Waals surface area contributed by atoms with Gasteiger partial charge in [-0.15, -0.1) is 0 Å². The summed E-state index contributed by atoms with van der Waals surface area (Å²) in [7, 11) is 0. The minimum atomic E-state index is -0.204. The molecule has 0 spiro atoms. The van der Waals surface area contributed by atoms with Crippen molar-refractivity contribution in [3.05, 3.63) is 35.1 Å². The van der Waals surface area contributed by atoms with Gasteiger partial charge in [-0.2, -0.15) is 0 Å². The highest BCUT2D eigenvalue weighted by atomic mass is 19.1. The second-order valence-corrected chi connectivity index (χ2v) is 5.21. The Balaban J connectivity index is 2.98. The van der Waals surface area contributed by atoms with E-state index in [1.807, 2.05) is 13.8 Å². The number of benzene rings is 1. The van der Waals surface area contributed by atoms with E-state index < -0.39 is 0 Å². The second kappa shape index (κ2) is 4.96. The molecule has 0 saturated heterocycles. The van der Waals surface area contributed by atoms with Crippen LogP contribution in [0.25, 0.3) is 0 Å². The second-order valence-electron chi connectivity index (χ2n) is 5.21. The third kappa shape index (κ3) is 2.82. The maximum atomic E-state index is 13.2. The molecule has 0 radical (unpaired) electrons. The zero-order valence-electron chi connectivity index (χ0n) is 10.5. The third-order valence-electron chi connectivity index (χ3n) is 3.66. The molecule has 1 N–H and O–H groups in total. The molecule has 0 bridgehead atoms. The maximum Gasteiger partial charge on any atom is 0.123 e. The van der Waals surface area contributed by atoms with E-state index in [1.165, 1.54) is 6.07 Å². The van der Waals surface area contributed by atoms with Crippen molar-refractivity contribution >= 4 is 0 Å². The highest BCUT2D eigenvalue weighted by Gasteiger charge is 2.28. The lowest BCUT2D eigenvalue weighted by Crippen LogP contribution is -2.30. The number of hydrogen-bond acceptors (Lipinski definition) is 1. The molecule has 90 valence electrons. The molecule has 1 nitrogen and oxygen atoms in total. The predicted octanol–water partition coefficient (Wildman–Crippen LogP) is 3.33. The van der Waals surface area contributed by atoms with E-state index in [1.54, 1.807) is 12.1 Å². The molecule has 0 fully saturated rings. The Morgan fingerprint density at radius 2 is 2.00 bits per heavy atom. The van der Waals surface area contributed by atoms with E-state index >= 15 is 0 Å². The summed E-state index contributed by atoms with van der Waals surface area (Å²) in [5.74, 6) is 0.157. The van der Waals surface area contributed by atoms with Crippen LogP contribution in [-0.4, -0.2) is 11.7 Å². The largest absolute Gasteiger partial charge is 0.396 e. The summed E-state index contributed by atoms with van der Waals surface area (Å²) < 4.78 is 13.2. The summed E-state index contributed by atoms with van der Waals surface area (Å²) >= 11 is 0. The minimum absolute atomic E-state index is 0.126. The van der Waals surface area contributed by atoms with Crippen LogP contribution in [0.5, 0.6) is 0 Å². The smallest absolute Gasteiger partial charge is 0.123 e. The first-order chi connectivity index (χ1) is 7.39. The fourth-order valence-corrected chi connectivity index (χ4v) is 1.71. The van der Waals surface area contributed by atoms with Crippen LogP contribution in [0.2, 0.25) is 0 Å². The Kier molecular flexibility index (Phi) is 4.09. The van der Waals surface area contributed by atoms with Crippen LogP contribution in [-0.2, 0) is 6.42 Å². The zero-order chi connectivity index (χ0) is 12.3. The van der Waals surface area contributed by atoms with E-state index in [0.29, 0.717) is 12.3 Å². The van der Waals surface area contributed by atoms with Crippen molar-refractivity contribution in [2.75, 3.05) is 6.61 Å². The third-order valence-corrected chi connectivity index (χ3v) is 3.66. The number of hydrogen-bond donors (Lipinski definition) is 1. The van der Waals surface area contributed by atoms with Gasteiger partial charge in [-0.05, 0) is 47.9 Å². The van der Waals surface area contributed by atoms with Gasteiger partial charge in [0.1, 0.15) is 5.82 Å². The van der Waals surface area contributed by atoms with E-state index in [0.717, 1.165) is 11.1 Å². The highest BCUT2D eigenvalue weighted by Crippen LogP contribution is 2.31. The lowest BCUT2D eigenvalue weighted by molar-refractivity contribution is 0.0945. The first-order valence-electron chi connectivity index (χ1n) is 5.75. The lowest BCUT2D eigenvalue weighted by Gasteiger charge is -2.32. The molecule has 0 saturated carbocycles. The van der Waals surface area contributed by atoms with Gasteiger partial charge in [0, 0.05) is 6.61 Å². The van der Waals surface area contributed by atoms with Crippen molar-refractivity contribution in [2.24, 2.45) is 11.3 Å². The van der Waals surface area contributed by atoms with Gasteiger partial charge in [-0.1, -0.05) is 26.8 Å². The molecule has 1 atom stereocenters. The number of aliphatic hydroxyl groups is 1. The molecule has 0 aliphatic carbocycles. The molecule has 1 unspecified atom stereocenters. The van der Waals surface area contributed by atoms with Gasteiger partial charge in [0.25, 0.3) is 0 Å². The van der Waals surface area contributed by atoms with Crippen molar-refractivity contribution in [1.82, 2.24) is 0 Å². The van der Waals surface area contributed by atoms with Crippen LogP contribution in [0.4, 0.5) is 4.39 Å². The first-order valence-corrected chi connectivity index (χ1v) is 5.75. The van der Waals surface area contributed by atoms with Crippen molar-refractivity contribution in [3.8, 4) is 0 Å². The predicted molar refractivity (Wildman–Crippen MR) is 64.9 cm³/mol. The Labute approximate surface area is 97.3 Å². The van der Waals surface area contributed by atoms with E-state index in [2.05, 4.69) is 13.8 Å². The molecule has 1 rings (SSSR count). The normalized spacial score (nSPS) is 15.2. The van der Waals surface area contributed by atoms with Gasteiger partial charge in [0.2, 0.25) is 0 Å². The summed E-state index contributed by atoms with van der Waals surface area (Å²) in [6.07, 6.45) is 0.713. The van der Waals surface area contributed by atoms with Gasteiger partial charge in [0.05, 0.1) is 0 Å². The molecule has 0 heterocycles. The number of aliphatic hydroxyl groups excluding tert-OH is 1. The Morgan fingerprint density at radius 3 is 2.50 bits per heavy atom. The van der Waals surface area contributed by atoms with Gasteiger partial charge in [0.15, 0.2) is 0 Å². The lowest BCUT2D eigenvalue weighted by atomic mass is 9.74. The molecule has 0 aliphatic heterocycles. The summed E-state index contributed by atoms with van der Waals surface area (Å²) in [5.41, 5.74) is 1.89. The van der Waals surface area contributed by atoms with Crippen LogP contribution in [0.15, 0.2) is 18.2 Å². The molecule has 0 aromatic heterocycles. The number of halogens is 1. The summed E-state index contributed by atoms with van der Waals surface area (Å²) in [5, 5.41) is 9.48. The minimum Gasteiger partial charge on any atom is -0.396 e. The fraction of sp³-hybridized carbons (Fsp3) is 0.571.